The van der Waals surface area contributed by atoms with Gasteiger partial charge < -0.3 is 5.32 Å². The number of fused-ring (bicyclic) bond motifs is 1. The molecule has 0 saturated carbocycles. The van der Waals surface area contributed by atoms with Gasteiger partial charge in [-0.3, -0.25) is 9.10 Å². The number of halogens is 1. The Morgan fingerprint density at radius 1 is 1.26 bits per heavy atom. The van der Waals surface area contributed by atoms with E-state index in [1.54, 1.807) is 48.2 Å². The van der Waals surface area contributed by atoms with Crippen LogP contribution in [0.1, 0.15) is 21.5 Å². The number of benzene rings is 2. The molecule has 0 unspecified atom stereocenters. The molecular weight excluding hydrogens is 387 g/mol. The molecule has 2 aromatic carbocycles. The smallest absolute Gasteiger partial charge is 0.251 e. The minimum Gasteiger partial charge on any atom is -0.351 e. The van der Waals surface area contributed by atoms with E-state index in [4.69, 9.17) is 0 Å². The third-order valence-corrected chi connectivity index (χ3v) is 6.53. The molecule has 1 aliphatic heterocycles. The molecule has 0 saturated heterocycles. The molecular formula is C19H21FN2O3S2. The number of amides is 1. The van der Waals surface area contributed by atoms with E-state index in [-0.39, 0.29) is 11.7 Å². The Balaban J connectivity index is 1.50. The number of anilines is 1. The maximum Gasteiger partial charge on any atom is 0.251 e. The van der Waals surface area contributed by atoms with Crippen molar-refractivity contribution in [2.75, 3.05) is 29.4 Å². The highest BCUT2D eigenvalue weighted by molar-refractivity contribution is 7.98. The van der Waals surface area contributed by atoms with Crippen LogP contribution in [-0.2, 0) is 22.2 Å². The Morgan fingerprint density at radius 3 is 2.78 bits per heavy atom. The lowest BCUT2D eigenvalue weighted by molar-refractivity contribution is 0.0956. The second kappa shape index (κ2) is 8.31. The summed E-state index contributed by atoms with van der Waals surface area (Å²) in [5, 5.41) is 2.85. The number of sulfonamides is 1. The van der Waals surface area contributed by atoms with Crippen molar-refractivity contribution in [2.24, 2.45) is 0 Å². The first-order valence-electron chi connectivity index (χ1n) is 8.56. The summed E-state index contributed by atoms with van der Waals surface area (Å²) in [6.45, 7) is 0.885. The average Bonchev–Trinajstić information content (AvgIpc) is 3.06. The minimum atomic E-state index is -3.29. The summed E-state index contributed by atoms with van der Waals surface area (Å²) in [5.41, 5.74) is 2.68. The van der Waals surface area contributed by atoms with E-state index in [0.29, 0.717) is 47.8 Å². The van der Waals surface area contributed by atoms with Gasteiger partial charge in [-0.1, -0.05) is 18.2 Å². The molecule has 1 heterocycles. The van der Waals surface area contributed by atoms with Gasteiger partial charge in [0, 0.05) is 30.2 Å². The molecule has 0 bridgehead atoms. The van der Waals surface area contributed by atoms with Crippen LogP contribution in [0.5, 0.6) is 0 Å². The van der Waals surface area contributed by atoms with Crippen LogP contribution >= 0.6 is 11.8 Å². The number of thioether (sulfide) groups is 1. The molecule has 0 spiro atoms. The summed E-state index contributed by atoms with van der Waals surface area (Å²) in [6, 6.07) is 11.7. The molecule has 3 rings (SSSR count). The van der Waals surface area contributed by atoms with Crippen LogP contribution in [-0.4, -0.2) is 39.4 Å². The maximum absolute atomic E-state index is 13.5. The summed E-state index contributed by atoms with van der Waals surface area (Å²) in [6.07, 6.45) is 1.78. The summed E-state index contributed by atoms with van der Waals surface area (Å²) < 4.78 is 38.4. The van der Waals surface area contributed by atoms with Crippen molar-refractivity contribution >= 4 is 33.4 Å². The first-order valence-corrected chi connectivity index (χ1v) is 11.6. The highest BCUT2D eigenvalue weighted by atomic mass is 32.2. The van der Waals surface area contributed by atoms with Crippen LogP contribution in [0.3, 0.4) is 0 Å². The molecule has 0 aliphatic carbocycles. The largest absolute Gasteiger partial charge is 0.351 e. The summed E-state index contributed by atoms with van der Waals surface area (Å²) in [5.74, 6) is 0.827. The van der Waals surface area contributed by atoms with Crippen molar-refractivity contribution in [1.29, 1.82) is 0 Å². The number of hydrogen-bond acceptors (Lipinski definition) is 4. The van der Waals surface area contributed by atoms with Crippen molar-refractivity contribution in [3.63, 3.8) is 0 Å². The van der Waals surface area contributed by atoms with E-state index in [2.05, 4.69) is 5.32 Å². The van der Waals surface area contributed by atoms with Gasteiger partial charge in [0.1, 0.15) is 5.82 Å². The lowest BCUT2D eigenvalue weighted by Crippen LogP contribution is -2.27. The highest BCUT2D eigenvalue weighted by Gasteiger charge is 2.26. The zero-order chi connectivity index (χ0) is 19.4. The van der Waals surface area contributed by atoms with Crippen molar-refractivity contribution < 1.29 is 17.6 Å². The van der Waals surface area contributed by atoms with Gasteiger partial charge >= 0.3 is 0 Å². The normalized spacial score (nSPS) is 13.5. The third kappa shape index (κ3) is 4.81. The van der Waals surface area contributed by atoms with E-state index in [1.165, 1.54) is 16.6 Å². The molecule has 2 aromatic rings. The van der Waals surface area contributed by atoms with Crippen LogP contribution in [0.2, 0.25) is 0 Å². The van der Waals surface area contributed by atoms with E-state index < -0.39 is 10.0 Å². The first-order chi connectivity index (χ1) is 12.9. The van der Waals surface area contributed by atoms with Gasteiger partial charge in [0.2, 0.25) is 10.0 Å². The highest BCUT2D eigenvalue weighted by Crippen LogP contribution is 2.30. The molecule has 144 valence electrons. The van der Waals surface area contributed by atoms with Gasteiger partial charge in [-0.25, -0.2) is 12.8 Å². The fraction of sp³-hybridized carbons (Fsp3) is 0.316. The number of carbonyl (C=O) groups excluding carboxylic acids is 1. The van der Waals surface area contributed by atoms with Crippen molar-refractivity contribution in [3.8, 4) is 0 Å². The van der Waals surface area contributed by atoms with Crippen LogP contribution < -0.4 is 9.62 Å². The van der Waals surface area contributed by atoms with Crippen LogP contribution in [0.4, 0.5) is 10.1 Å². The molecule has 0 atom stereocenters. The Labute approximate surface area is 163 Å². The fourth-order valence-corrected chi connectivity index (χ4v) is 4.80. The molecule has 1 N–H and O–H groups in total. The SMILES string of the molecule is CS(=O)(=O)N1CCc2cc(C(=O)NCCSCc3ccccc3F)ccc21. The number of carbonyl (C=O) groups is 1. The van der Waals surface area contributed by atoms with E-state index >= 15 is 0 Å². The number of hydrogen-bond donors (Lipinski definition) is 1. The van der Waals surface area contributed by atoms with Gasteiger partial charge in [0.15, 0.2) is 0 Å². The number of nitrogens with zero attached hydrogens (tertiary/aromatic N) is 1. The number of rotatable bonds is 7. The standard InChI is InChI=1S/C19H21FN2O3S2/c1-27(24,25)22-10-8-14-12-15(6-7-18(14)22)19(23)21-9-11-26-13-16-4-2-3-5-17(16)20/h2-7,12H,8-11,13H2,1H3,(H,21,23). The minimum absolute atomic E-state index is 0.193. The lowest BCUT2D eigenvalue weighted by atomic mass is 10.1. The molecule has 0 fully saturated rings. The van der Waals surface area contributed by atoms with Gasteiger partial charge in [0.05, 0.1) is 11.9 Å². The van der Waals surface area contributed by atoms with Crippen LogP contribution in [0.25, 0.3) is 0 Å². The topological polar surface area (TPSA) is 66.5 Å². The molecule has 27 heavy (non-hydrogen) atoms. The van der Waals surface area contributed by atoms with Gasteiger partial charge in [-0.2, -0.15) is 11.8 Å². The molecule has 5 nitrogen and oxygen atoms in total. The lowest BCUT2D eigenvalue weighted by Gasteiger charge is -2.16. The van der Waals surface area contributed by atoms with Crippen LogP contribution in [0, 0.1) is 5.82 Å². The summed E-state index contributed by atoms with van der Waals surface area (Å²) in [4.78, 5) is 12.3. The van der Waals surface area contributed by atoms with Gasteiger partial charge in [-0.15, -0.1) is 0 Å². The summed E-state index contributed by atoms with van der Waals surface area (Å²) >= 11 is 1.55. The maximum atomic E-state index is 13.5. The van der Waals surface area contributed by atoms with E-state index in [0.717, 1.165) is 5.56 Å². The average molecular weight is 409 g/mol. The Bertz CT molecular complexity index is 948. The van der Waals surface area contributed by atoms with Crippen molar-refractivity contribution in [3.05, 3.63) is 65.0 Å². The third-order valence-electron chi connectivity index (χ3n) is 4.34. The second-order valence-electron chi connectivity index (χ2n) is 6.33. The predicted octanol–water partition coefficient (Wildman–Crippen LogP) is 2.81. The molecule has 0 radical (unpaired) electrons. The molecule has 1 aliphatic rings. The fourth-order valence-electron chi connectivity index (χ4n) is 2.99. The first kappa shape index (κ1) is 19.7. The zero-order valence-corrected chi connectivity index (χ0v) is 16.6. The van der Waals surface area contributed by atoms with Gasteiger partial charge in [0.25, 0.3) is 5.91 Å². The van der Waals surface area contributed by atoms with Crippen molar-refractivity contribution in [2.45, 2.75) is 12.2 Å². The Kier molecular flexibility index (Phi) is 6.06. The van der Waals surface area contributed by atoms with Crippen molar-refractivity contribution in [1.82, 2.24) is 5.32 Å². The Hall–Kier alpha value is -2.06. The number of nitrogens with one attached hydrogen (secondary N) is 1. The zero-order valence-electron chi connectivity index (χ0n) is 14.9. The quantitative estimate of drug-likeness (QED) is 0.716. The van der Waals surface area contributed by atoms with E-state index in [1.807, 2.05) is 0 Å². The van der Waals surface area contributed by atoms with Gasteiger partial charge in [-0.05, 0) is 41.8 Å². The van der Waals surface area contributed by atoms with E-state index in [9.17, 15) is 17.6 Å². The molecule has 1 amide bonds. The second-order valence-corrected chi connectivity index (χ2v) is 9.34. The monoisotopic (exact) mass is 408 g/mol. The van der Waals surface area contributed by atoms with Crippen LogP contribution in [0.15, 0.2) is 42.5 Å². The molecule has 8 heteroatoms. The Morgan fingerprint density at radius 2 is 2.04 bits per heavy atom. The summed E-state index contributed by atoms with van der Waals surface area (Å²) in [7, 11) is -3.29. The predicted molar refractivity (Wildman–Crippen MR) is 107 cm³/mol. The molecule has 0 aromatic heterocycles.